The lowest BCUT2D eigenvalue weighted by Gasteiger charge is -2.35. The summed E-state index contributed by atoms with van der Waals surface area (Å²) in [5.41, 5.74) is 0.582. The fraction of sp³-hybridized carbons (Fsp3) is 0.611. The molecule has 1 amide bonds. The largest absolute Gasteiger partial charge is 0.353 e. The number of nitrogens with zero attached hydrogens (tertiary/aromatic N) is 4. The summed E-state index contributed by atoms with van der Waals surface area (Å²) in [5.74, 6) is 2.03. The third-order valence-electron chi connectivity index (χ3n) is 4.85. The second-order valence-corrected chi connectivity index (χ2v) is 6.98. The topological polar surface area (TPSA) is 60.2 Å². The average Bonchev–Trinajstić information content (AvgIpc) is 3.37. The van der Waals surface area contributed by atoms with E-state index < -0.39 is 0 Å². The summed E-state index contributed by atoms with van der Waals surface area (Å²) in [6.45, 7) is 6.62. The number of carbonyl (C=O) groups is 1. The molecule has 23 heavy (non-hydrogen) atoms. The number of aromatic nitrogens is 1. The molecule has 5 nitrogen and oxygen atoms in total. The van der Waals surface area contributed by atoms with E-state index in [0.29, 0.717) is 36.2 Å². The summed E-state index contributed by atoms with van der Waals surface area (Å²) < 4.78 is 0. The van der Waals surface area contributed by atoms with E-state index in [1.807, 2.05) is 0 Å². The van der Waals surface area contributed by atoms with Gasteiger partial charge in [-0.25, -0.2) is 4.98 Å². The van der Waals surface area contributed by atoms with Crippen molar-refractivity contribution in [1.29, 1.82) is 5.26 Å². The summed E-state index contributed by atoms with van der Waals surface area (Å²) in [7, 11) is 0. The molecule has 1 unspecified atom stereocenters. The predicted molar refractivity (Wildman–Crippen MR) is 88.8 cm³/mol. The van der Waals surface area contributed by atoms with Crippen LogP contribution in [0.25, 0.3) is 0 Å². The Bertz CT molecular complexity index is 618. The molecule has 0 radical (unpaired) electrons. The predicted octanol–water partition coefficient (Wildman–Crippen LogP) is 2.43. The van der Waals surface area contributed by atoms with Gasteiger partial charge in [-0.05, 0) is 36.8 Å². The fourth-order valence-corrected chi connectivity index (χ4v) is 3.29. The van der Waals surface area contributed by atoms with E-state index in [0.717, 1.165) is 13.1 Å². The first-order valence-electron chi connectivity index (χ1n) is 8.49. The van der Waals surface area contributed by atoms with Gasteiger partial charge >= 0.3 is 0 Å². The molecular weight excluding hydrogens is 288 g/mol. The number of hydrogen-bond donors (Lipinski definition) is 0. The van der Waals surface area contributed by atoms with Crippen LogP contribution in [-0.2, 0) is 4.79 Å². The Morgan fingerprint density at radius 2 is 2.22 bits per heavy atom. The SMILES string of the molecule is CC(C)C1CN(c2ncccc2C#N)CCC(=O)N1CC1CC1. The summed E-state index contributed by atoms with van der Waals surface area (Å²) >= 11 is 0. The van der Waals surface area contributed by atoms with E-state index in [1.54, 1.807) is 18.3 Å². The summed E-state index contributed by atoms with van der Waals surface area (Å²) in [6.07, 6.45) is 4.71. The van der Waals surface area contributed by atoms with Gasteiger partial charge < -0.3 is 9.80 Å². The molecule has 2 fully saturated rings. The lowest BCUT2D eigenvalue weighted by Crippen LogP contribution is -2.47. The Balaban J connectivity index is 1.87. The summed E-state index contributed by atoms with van der Waals surface area (Å²) in [6, 6.07) is 5.97. The van der Waals surface area contributed by atoms with Crippen molar-refractivity contribution in [2.45, 2.75) is 39.2 Å². The summed E-state index contributed by atoms with van der Waals surface area (Å²) in [5, 5.41) is 9.33. The Morgan fingerprint density at radius 3 is 2.87 bits per heavy atom. The Hall–Kier alpha value is -2.09. The zero-order valence-electron chi connectivity index (χ0n) is 13.9. The second-order valence-electron chi connectivity index (χ2n) is 6.98. The highest BCUT2D eigenvalue weighted by molar-refractivity contribution is 5.78. The number of hydrogen-bond acceptors (Lipinski definition) is 4. The van der Waals surface area contributed by atoms with E-state index in [9.17, 15) is 10.1 Å². The standard InChI is InChI=1S/C18H24N4O/c1-13(2)16-12-21(18-15(10-19)4-3-8-20-18)9-7-17(23)22(16)11-14-5-6-14/h3-4,8,13-14,16H,5-7,9,11-12H2,1-2H3. The minimum Gasteiger partial charge on any atom is -0.353 e. The van der Waals surface area contributed by atoms with E-state index >= 15 is 0 Å². The van der Waals surface area contributed by atoms with Gasteiger partial charge in [-0.2, -0.15) is 5.26 Å². The fourth-order valence-electron chi connectivity index (χ4n) is 3.29. The van der Waals surface area contributed by atoms with Gasteiger partial charge in [-0.1, -0.05) is 13.8 Å². The van der Waals surface area contributed by atoms with Crippen LogP contribution in [0, 0.1) is 23.2 Å². The number of anilines is 1. The van der Waals surface area contributed by atoms with Gasteiger partial charge in [-0.15, -0.1) is 0 Å². The molecule has 0 aromatic carbocycles. The number of pyridine rings is 1. The van der Waals surface area contributed by atoms with E-state index in [-0.39, 0.29) is 11.9 Å². The first-order valence-corrected chi connectivity index (χ1v) is 8.49. The third-order valence-corrected chi connectivity index (χ3v) is 4.85. The molecule has 1 saturated carbocycles. The van der Waals surface area contributed by atoms with E-state index in [1.165, 1.54) is 12.8 Å². The van der Waals surface area contributed by atoms with Crippen LogP contribution in [0.15, 0.2) is 18.3 Å². The Morgan fingerprint density at radius 1 is 1.43 bits per heavy atom. The van der Waals surface area contributed by atoms with Gasteiger partial charge in [0.05, 0.1) is 11.6 Å². The number of carbonyl (C=O) groups excluding carboxylic acids is 1. The van der Waals surface area contributed by atoms with Gasteiger partial charge in [0.1, 0.15) is 11.9 Å². The molecule has 2 heterocycles. The van der Waals surface area contributed by atoms with Crippen molar-refractivity contribution in [3.63, 3.8) is 0 Å². The molecule has 1 saturated heterocycles. The smallest absolute Gasteiger partial charge is 0.224 e. The molecular formula is C18H24N4O. The maximum Gasteiger partial charge on any atom is 0.224 e. The van der Waals surface area contributed by atoms with Crippen LogP contribution in [0.3, 0.4) is 0 Å². The van der Waals surface area contributed by atoms with Gasteiger partial charge in [0, 0.05) is 32.3 Å². The highest BCUT2D eigenvalue weighted by atomic mass is 16.2. The van der Waals surface area contributed by atoms with Crippen LogP contribution >= 0.6 is 0 Å². The van der Waals surface area contributed by atoms with Crippen LogP contribution in [0.1, 0.15) is 38.7 Å². The molecule has 0 spiro atoms. The van der Waals surface area contributed by atoms with Crippen molar-refractivity contribution in [2.24, 2.45) is 11.8 Å². The number of nitriles is 1. The molecule has 2 aliphatic rings. The van der Waals surface area contributed by atoms with Crippen molar-refractivity contribution in [3.8, 4) is 6.07 Å². The normalized spacial score (nSPS) is 22.2. The lowest BCUT2D eigenvalue weighted by molar-refractivity contribution is -0.133. The maximum absolute atomic E-state index is 12.6. The van der Waals surface area contributed by atoms with E-state index in [2.05, 4.69) is 34.7 Å². The molecule has 122 valence electrons. The van der Waals surface area contributed by atoms with Crippen LogP contribution in [0.2, 0.25) is 0 Å². The first-order chi connectivity index (χ1) is 11.1. The van der Waals surface area contributed by atoms with Crippen LogP contribution < -0.4 is 4.90 Å². The van der Waals surface area contributed by atoms with Gasteiger partial charge in [0.25, 0.3) is 0 Å². The number of amides is 1. The quantitative estimate of drug-likeness (QED) is 0.856. The van der Waals surface area contributed by atoms with Crippen LogP contribution in [-0.4, -0.2) is 41.5 Å². The molecule has 1 atom stereocenters. The maximum atomic E-state index is 12.6. The first kappa shape index (κ1) is 15.8. The highest BCUT2D eigenvalue weighted by Crippen LogP contribution is 2.32. The molecule has 0 bridgehead atoms. The highest BCUT2D eigenvalue weighted by Gasteiger charge is 2.36. The molecule has 5 heteroatoms. The molecule has 1 aromatic heterocycles. The molecule has 1 aliphatic heterocycles. The van der Waals surface area contributed by atoms with Crippen molar-refractivity contribution in [3.05, 3.63) is 23.9 Å². The number of rotatable bonds is 4. The van der Waals surface area contributed by atoms with Gasteiger partial charge in [0.15, 0.2) is 0 Å². The molecule has 1 aromatic rings. The van der Waals surface area contributed by atoms with Crippen molar-refractivity contribution in [1.82, 2.24) is 9.88 Å². The van der Waals surface area contributed by atoms with Crippen molar-refractivity contribution < 1.29 is 4.79 Å². The van der Waals surface area contributed by atoms with Crippen molar-refractivity contribution in [2.75, 3.05) is 24.5 Å². The zero-order valence-corrected chi connectivity index (χ0v) is 13.9. The third kappa shape index (κ3) is 3.47. The van der Waals surface area contributed by atoms with Crippen LogP contribution in [0.5, 0.6) is 0 Å². The van der Waals surface area contributed by atoms with Gasteiger partial charge in [0.2, 0.25) is 5.91 Å². The van der Waals surface area contributed by atoms with Gasteiger partial charge in [-0.3, -0.25) is 4.79 Å². The monoisotopic (exact) mass is 312 g/mol. The minimum atomic E-state index is 0.180. The molecule has 1 aliphatic carbocycles. The molecule has 0 N–H and O–H groups in total. The lowest BCUT2D eigenvalue weighted by atomic mass is 10.0. The zero-order chi connectivity index (χ0) is 16.4. The average molecular weight is 312 g/mol. The Labute approximate surface area is 137 Å². The summed E-state index contributed by atoms with van der Waals surface area (Å²) in [4.78, 5) is 21.3. The van der Waals surface area contributed by atoms with Crippen molar-refractivity contribution >= 4 is 11.7 Å². The Kier molecular flexibility index (Phi) is 4.51. The minimum absolute atomic E-state index is 0.180. The van der Waals surface area contributed by atoms with Crippen LogP contribution in [0.4, 0.5) is 5.82 Å². The van der Waals surface area contributed by atoms with E-state index in [4.69, 9.17) is 0 Å². The second kappa shape index (κ2) is 6.57. The molecule has 3 rings (SSSR count).